The lowest BCUT2D eigenvalue weighted by molar-refractivity contribution is -0.150. The Bertz CT molecular complexity index is 2000. The predicted octanol–water partition coefficient (Wildman–Crippen LogP) is 6.49. The highest BCUT2D eigenvalue weighted by atomic mass is 32.1. The van der Waals surface area contributed by atoms with E-state index in [0.29, 0.717) is 45.1 Å². The molecule has 1 aromatic carbocycles. The van der Waals surface area contributed by atoms with Crippen molar-refractivity contribution in [2.75, 3.05) is 20.3 Å². The molecule has 3 amide bonds. The number of fused-ring (bicyclic) bond motifs is 1. The van der Waals surface area contributed by atoms with Crippen LogP contribution in [-0.4, -0.2) is 88.3 Å². The average molecular weight is 776 g/mol. The molecule has 5 rings (SSSR count). The molecule has 55 heavy (non-hydrogen) atoms. The Morgan fingerprint density at radius 1 is 1.16 bits per heavy atom. The summed E-state index contributed by atoms with van der Waals surface area (Å²) in [6.07, 6.45) is 0.395. The SMILES string of the molecule is C=C[C@@H]1C[C@]1(NC(=O)[C@@H]1[C@H](C)[C@@H](Oc2cc(-c3nc(C(C)C)cs3)nc3c(C)c(OC)ccc23)CN1C(=O)[C@@H](NC(=O)OC(C)(C)C)C(=C)C)C(=O)OCC. The summed E-state index contributed by atoms with van der Waals surface area (Å²) in [6.45, 7) is 24.3. The molecule has 6 atom stereocenters. The third-order valence-electron chi connectivity index (χ3n) is 10.0. The molecule has 14 heteroatoms. The second-order valence-electron chi connectivity index (χ2n) is 15.6. The molecule has 2 fully saturated rings. The van der Waals surface area contributed by atoms with Gasteiger partial charge in [-0.05, 0) is 71.6 Å². The second-order valence-corrected chi connectivity index (χ2v) is 16.5. The van der Waals surface area contributed by atoms with Gasteiger partial charge in [-0.25, -0.2) is 19.6 Å². The van der Waals surface area contributed by atoms with Crippen LogP contribution in [-0.2, 0) is 23.9 Å². The van der Waals surface area contributed by atoms with Crippen LogP contribution >= 0.6 is 11.3 Å². The number of aryl methyl sites for hydroxylation is 1. The molecule has 3 aromatic rings. The van der Waals surface area contributed by atoms with Gasteiger partial charge < -0.3 is 34.5 Å². The number of carbonyl (C=O) groups excluding carboxylic acids is 4. The first-order chi connectivity index (χ1) is 25.8. The summed E-state index contributed by atoms with van der Waals surface area (Å²) in [6, 6.07) is 3.21. The zero-order valence-corrected chi connectivity index (χ0v) is 34.2. The minimum atomic E-state index is -1.31. The Kier molecular flexibility index (Phi) is 12.0. The van der Waals surface area contributed by atoms with Crippen molar-refractivity contribution in [3.63, 3.8) is 0 Å². The van der Waals surface area contributed by atoms with Crippen LogP contribution in [0.25, 0.3) is 21.6 Å². The van der Waals surface area contributed by atoms with Crippen LogP contribution in [0.1, 0.15) is 79.0 Å². The maximum absolute atomic E-state index is 14.5. The summed E-state index contributed by atoms with van der Waals surface area (Å²) < 4.78 is 23.3. The minimum Gasteiger partial charge on any atom is -0.496 e. The van der Waals surface area contributed by atoms with Gasteiger partial charge in [0.2, 0.25) is 11.8 Å². The largest absolute Gasteiger partial charge is 0.496 e. The number of likely N-dealkylation sites (tertiary alicyclic amines) is 1. The number of carbonyl (C=O) groups is 4. The highest BCUT2D eigenvalue weighted by Gasteiger charge is 2.62. The third-order valence-corrected chi connectivity index (χ3v) is 10.9. The van der Waals surface area contributed by atoms with E-state index in [9.17, 15) is 19.2 Å². The number of thiazole rings is 1. The predicted molar refractivity (Wildman–Crippen MR) is 211 cm³/mol. The van der Waals surface area contributed by atoms with Crippen molar-refractivity contribution in [2.45, 2.75) is 104 Å². The fraction of sp³-hybridized carbons (Fsp3) is 0.512. The summed E-state index contributed by atoms with van der Waals surface area (Å²) in [7, 11) is 1.60. The Balaban J connectivity index is 1.56. The van der Waals surface area contributed by atoms with Gasteiger partial charge in [0.25, 0.3) is 0 Å². The summed E-state index contributed by atoms with van der Waals surface area (Å²) >= 11 is 1.48. The molecule has 0 radical (unpaired) electrons. The first-order valence-corrected chi connectivity index (χ1v) is 19.4. The molecule has 1 aliphatic carbocycles. The van der Waals surface area contributed by atoms with Gasteiger partial charge in [0, 0.05) is 34.2 Å². The first kappa shape index (κ1) is 41.2. The van der Waals surface area contributed by atoms with Crippen molar-refractivity contribution in [1.29, 1.82) is 0 Å². The summed E-state index contributed by atoms with van der Waals surface area (Å²) in [4.78, 5) is 66.3. The van der Waals surface area contributed by atoms with Gasteiger partial charge in [0.15, 0.2) is 0 Å². The third kappa shape index (κ3) is 8.48. The molecule has 1 saturated carbocycles. The van der Waals surface area contributed by atoms with Crippen molar-refractivity contribution in [2.24, 2.45) is 11.8 Å². The lowest BCUT2D eigenvalue weighted by Crippen LogP contribution is -2.58. The van der Waals surface area contributed by atoms with Crippen molar-refractivity contribution in [3.8, 4) is 22.2 Å². The molecule has 1 saturated heterocycles. The number of hydrogen-bond acceptors (Lipinski definition) is 11. The van der Waals surface area contributed by atoms with Crippen molar-refractivity contribution >= 4 is 46.1 Å². The topological polar surface area (TPSA) is 158 Å². The number of methoxy groups -OCH3 is 1. The molecule has 13 nitrogen and oxygen atoms in total. The van der Waals surface area contributed by atoms with Gasteiger partial charge in [-0.15, -0.1) is 17.9 Å². The van der Waals surface area contributed by atoms with E-state index >= 15 is 0 Å². The van der Waals surface area contributed by atoms with Crippen LogP contribution in [0.5, 0.6) is 11.5 Å². The number of ether oxygens (including phenoxy) is 4. The van der Waals surface area contributed by atoms with Crippen molar-refractivity contribution in [3.05, 3.63) is 59.6 Å². The lowest BCUT2D eigenvalue weighted by atomic mass is 9.98. The molecule has 296 valence electrons. The van der Waals surface area contributed by atoms with E-state index in [-0.39, 0.29) is 25.0 Å². The van der Waals surface area contributed by atoms with E-state index in [1.807, 2.05) is 37.4 Å². The Morgan fingerprint density at radius 2 is 1.87 bits per heavy atom. The summed E-state index contributed by atoms with van der Waals surface area (Å²) in [5.74, 6) is -1.29. The Morgan fingerprint density at radius 3 is 2.44 bits per heavy atom. The molecule has 2 aromatic heterocycles. The maximum atomic E-state index is 14.5. The molecule has 0 unspecified atom stereocenters. The highest BCUT2D eigenvalue weighted by Crippen LogP contribution is 2.46. The number of alkyl carbamates (subject to hydrolysis) is 1. The highest BCUT2D eigenvalue weighted by molar-refractivity contribution is 7.13. The van der Waals surface area contributed by atoms with Gasteiger partial charge >= 0.3 is 12.1 Å². The number of nitrogens with one attached hydrogen (secondary N) is 2. The number of nitrogens with zero attached hydrogens (tertiary/aromatic N) is 3. The number of amides is 3. The van der Waals surface area contributed by atoms with Crippen LogP contribution in [0.3, 0.4) is 0 Å². The monoisotopic (exact) mass is 775 g/mol. The van der Waals surface area contributed by atoms with E-state index in [4.69, 9.17) is 28.9 Å². The number of aromatic nitrogens is 2. The second kappa shape index (κ2) is 16.0. The molecule has 2 aliphatic rings. The first-order valence-electron chi connectivity index (χ1n) is 18.5. The van der Waals surface area contributed by atoms with Crippen molar-refractivity contribution in [1.82, 2.24) is 25.5 Å². The Hall–Kier alpha value is -4.98. The van der Waals surface area contributed by atoms with Gasteiger partial charge in [-0.2, -0.15) is 0 Å². The normalized spacial score (nSPS) is 22.5. The average Bonchev–Trinajstić information content (AvgIpc) is 3.42. The molecular formula is C41H53N5O8S. The molecule has 0 bridgehead atoms. The van der Waals surface area contributed by atoms with Gasteiger partial charge in [0.05, 0.1) is 31.5 Å². The van der Waals surface area contributed by atoms with E-state index in [2.05, 4.69) is 37.6 Å². The van der Waals surface area contributed by atoms with E-state index in [1.165, 1.54) is 16.2 Å². The van der Waals surface area contributed by atoms with E-state index in [0.717, 1.165) is 11.3 Å². The zero-order valence-electron chi connectivity index (χ0n) is 33.4. The van der Waals surface area contributed by atoms with Crippen molar-refractivity contribution < 1.29 is 38.1 Å². The van der Waals surface area contributed by atoms with Crippen LogP contribution in [0.2, 0.25) is 0 Å². The summed E-state index contributed by atoms with van der Waals surface area (Å²) in [5, 5.41) is 9.01. The fourth-order valence-corrected chi connectivity index (χ4v) is 7.84. The van der Waals surface area contributed by atoms with Crippen LogP contribution in [0, 0.1) is 18.8 Å². The lowest BCUT2D eigenvalue weighted by Gasteiger charge is -2.31. The van der Waals surface area contributed by atoms with Crippen LogP contribution in [0.15, 0.2) is 48.4 Å². The van der Waals surface area contributed by atoms with Gasteiger partial charge in [0.1, 0.15) is 51.5 Å². The number of rotatable bonds is 13. The van der Waals surface area contributed by atoms with Crippen LogP contribution in [0.4, 0.5) is 4.79 Å². The van der Waals surface area contributed by atoms with E-state index < -0.39 is 59.1 Å². The standard InChI is InChI=1S/C41H53N5O8S/c1-13-25-18-41(25,38(49)52-14-2)45-35(47)34-24(8)31(19-46(34)37(48)32(22(5)6)44-39(50)54-40(9,10)11)53-30-17-27(36-43-28(20-55-36)21(3)4)42-33-23(7)29(51-12)16-15-26(30)33/h13,15-17,20-21,24-25,31-32,34H,1,5,14,18-19H2,2-4,6-12H3,(H,44,50)(H,45,47)/t24-,25-,31+,32+,34+,41-/m1/s1. The van der Waals surface area contributed by atoms with Crippen LogP contribution < -0.4 is 20.1 Å². The number of benzene rings is 1. The van der Waals surface area contributed by atoms with Gasteiger partial charge in [-0.1, -0.05) is 33.4 Å². The zero-order chi connectivity index (χ0) is 40.6. The fourth-order valence-electron chi connectivity index (χ4n) is 6.89. The number of pyridine rings is 1. The minimum absolute atomic E-state index is 0.0296. The number of esters is 1. The molecule has 1 aliphatic heterocycles. The molecule has 2 N–H and O–H groups in total. The molecular weight excluding hydrogens is 723 g/mol. The smallest absolute Gasteiger partial charge is 0.408 e. The molecule has 0 spiro atoms. The number of hydrogen-bond donors (Lipinski definition) is 2. The quantitative estimate of drug-likeness (QED) is 0.145. The maximum Gasteiger partial charge on any atom is 0.408 e. The van der Waals surface area contributed by atoms with E-state index in [1.54, 1.807) is 47.8 Å². The Labute approximate surface area is 326 Å². The van der Waals surface area contributed by atoms with Gasteiger partial charge in [-0.3, -0.25) is 9.59 Å². The molecule has 3 heterocycles. The summed E-state index contributed by atoms with van der Waals surface area (Å²) in [5.41, 5.74) is 1.22.